The number of anilines is 2. The third kappa shape index (κ3) is 3.17. The number of rotatable bonds is 4. The molecule has 0 radical (unpaired) electrons. The molecule has 0 aliphatic heterocycles. The third-order valence-corrected chi connectivity index (χ3v) is 3.97. The maximum absolute atomic E-state index is 5.70. The number of nitrogens with zero attached hydrogens (tertiary/aromatic N) is 2. The van der Waals surface area contributed by atoms with Crippen LogP contribution in [-0.4, -0.2) is 16.0 Å². The molecule has 0 spiro atoms. The summed E-state index contributed by atoms with van der Waals surface area (Å²) in [6.45, 7) is 2.12. The Balaban J connectivity index is 2.03. The summed E-state index contributed by atoms with van der Waals surface area (Å²) in [5.74, 6) is 1.19. The number of nitrogens with two attached hydrogens (primary N) is 1. The zero-order valence-corrected chi connectivity index (χ0v) is 11.8. The fourth-order valence-electron chi connectivity index (χ4n) is 1.50. The van der Waals surface area contributed by atoms with Gasteiger partial charge in [0.05, 0.1) is 0 Å². The molecule has 1 unspecified atom stereocenters. The second-order valence-electron chi connectivity index (χ2n) is 3.75. The van der Waals surface area contributed by atoms with E-state index in [0.717, 1.165) is 16.7 Å². The minimum Gasteiger partial charge on any atom is -0.383 e. The van der Waals surface area contributed by atoms with E-state index in [4.69, 9.17) is 5.73 Å². The quantitative estimate of drug-likeness (QED) is 0.911. The second-order valence-corrected chi connectivity index (χ2v) is 5.58. The molecule has 17 heavy (non-hydrogen) atoms. The van der Waals surface area contributed by atoms with Crippen molar-refractivity contribution in [2.45, 2.75) is 19.4 Å². The molecule has 2 rings (SSSR count). The molecule has 0 aliphatic rings. The van der Waals surface area contributed by atoms with Gasteiger partial charge in [-0.1, -0.05) is 6.07 Å². The first-order valence-corrected chi connectivity index (χ1v) is 6.89. The predicted molar refractivity (Wildman–Crippen MR) is 75.3 cm³/mol. The molecule has 0 fully saturated rings. The minimum atomic E-state index is 0.291. The minimum absolute atomic E-state index is 0.291. The number of hydrogen-bond acceptors (Lipinski definition) is 5. The molecule has 2 aromatic heterocycles. The van der Waals surface area contributed by atoms with Crippen LogP contribution in [0.1, 0.15) is 11.8 Å². The summed E-state index contributed by atoms with van der Waals surface area (Å²) in [5, 5.41) is 5.40. The van der Waals surface area contributed by atoms with Gasteiger partial charge in [0.1, 0.15) is 22.4 Å². The van der Waals surface area contributed by atoms with E-state index in [0.29, 0.717) is 11.9 Å². The van der Waals surface area contributed by atoms with Crippen molar-refractivity contribution in [2.24, 2.45) is 0 Å². The first-order chi connectivity index (χ1) is 8.16. The van der Waals surface area contributed by atoms with Gasteiger partial charge in [-0.15, -0.1) is 11.3 Å². The number of aromatic nitrogens is 2. The number of nitrogen functional groups attached to an aromatic ring is 1. The standard InChI is InChI=1S/C11H13BrN4S/c1-7(5-8-3-2-4-17-8)16-11-9(12)10(13)14-6-15-11/h2-4,6-7H,5H2,1H3,(H3,13,14,15,16). The van der Waals surface area contributed by atoms with Gasteiger partial charge >= 0.3 is 0 Å². The molecule has 0 saturated heterocycles. The molecule has 4 nitrogen and oxygen atoms in total. The molecule has 0 bridgehead atoms. The van der Waals surface area contributed by atoms with E-state index in [1.165, 1.54) is 11.2 Å². The number of thiophene rings is 1. The first kappa shape index (κ1) is 12.3. The lowest BCUT2D eigenvalue weighted by Crippen LogP contribution is -2.19. The molecule has 2 aromatic rings. The zero-order valence-electron chi connectivity index (χ0n) is 9.35. The van der Waals surface area contributed by atoms with Crippen molar-refractivity contribution in [1.29, 1.82) is 0 Å². The third-order valence-electron chi connectivity index (χ3n) is 2.29. The van der Waals surface area contributed by atoms with E-state index >= 15 is 0 Å². The Morgan fingerprint density at radius 2 is 2.35 bits per heavy atom. The van der Waals surface area contributed by atoms with Crippen LogP contribution in [0.4, 0.5) is 11.6 Å². The SMILES string of the molecule is CC(Cc1cccs1)Nc1ncnc(N)c1Br. The van der Waals surface area contributed by atoms with Gasteiger partial charge in [-0.25, -0.2) is 9.97 Å². The van der Waals surface area contributed by atoms with E-state index in [2.05, 4.69) is 55.7 Å². The summed E-state index contributed by atoms with van der Waals surface area (Å²) >= 11 is 5.14. The van der Waals surface area contributed by atoms with Gasteiger partial charge in [0.2, 0.25) is 0 Å². The predicted octanol–water partition coefficient (Wildman–Crippen LogP) is 2.93. The van der Waals surface area contributed by atoms with Crippen LogP contribution in [0, 0.1) is 0 Å². The molecular weight excluding hydrogens is 300 g/mol. The molecule has 6 heteroatoms. The lowest BCUT2D eigenvalue weighted by Gasteiger charge is -2.14. The summed E-state index contributed by atoms with van der Waals surface area (Å²) < 4.78 is 0.720. The maximum Gasteiger partial charge on any atom is 0.146 e. The monoisotopic (exact) mass is 312 g/mol. The molecule has 0 aliphatic carbocycles. The van der Waals surface area contributed by atoms with E-state index in [1.54, 1.807) is 11.3 Å². The van der Waals surface area contributed by atoms with Crippen LogP contribution in [0.3, 0.4) is 0 Å². The van der Waals surface area contributed by atoms with Crippen LogP contribution in [0.15, 0.2) is 28.3 Å². The van der Waals surface area contributed by atoms with Crippen molar-refractivity contribution < 1.29 is 0 Å². The average Bonchev–Trinajstić information content (AvgIpc) is 2.77. The van der Waals surface area contributed by atoms with Gasteiger partial charge in [0.25, 0.3) is 0 Å². The van der Waals surface area contributed by atoms with Crippen LogP contribution >= 0.6 is 27.3 Å². The smallest absolute Gasteiger partial charge is 0.146 e. The van der Waals surface area contributed by atoms with E-state index in [9.17, 15) is 0 Å². The Labute approximate surface area is 112 Å². The highest BCUT2D eigenvalue weighted by Crippen LogP contribution is 2.25. The first-order valence-electron chi connectivity index (χ1n) is 5.21. The molecule has 1 atom stereocenters. The fourth-order valence-corrected chi connectivity index (χ4v) is 2.65. The van der Waals surface area contributed by atoms with Gasteiger partial charge < -0.3 is 11.1 Å². The van der Waals surface area contributed by atoms with Crippen molar-refractivity contribution in [1.82, 2.24) is 9.97 Å². The molecule has 0 saturated carbocycles. The van der Waals surface area contributed by atoms with Crippen molar-refractivity contribution in [3.05, 3.63) is 33.2 Å². The molecule has 0 aromatic carbocycles. The zero-order chi connectivity index (χ0) is 12.3. The summed E-state index contributed by atoms with van der Waals surface area (Å²) in [6, 6.07) is 4.48. The highest BCUT2D eigenvalue weighted by atomic mass is 79.9. The normalized spacial score (nSPS) is 12.4. The largest absolute Gasteiger partial charge is 0.383 e. The lowest BCUT2D eigenvalue weighted by atomic mass is 10.2. The van der Waals surface area contributed by atoms with Crippen LogP contribution in [0.2, 0.25) is 0 Å². The Morgan fingerprint density at radius 3 is 3.06 bits per heavy atom. The highest BCUT2D eigenvalue weighted by Gasteiger charge is 2.10. The Morgan fingerprint density at radius 1 is 1.53 bits per heavy atom. The van der Waals surface area contributed by atoms with Gasteiger partial charge in [-0.2, -0.15) is 0 Å². The van der Waals surface area contributed by atoms with Crippen molar-refractivity contribution >= 4 is 38.9 Å². The molecule has 3 N–H and O–H groups in total. The van der Waals surface area contributed by atoms with Crippen LogP contribution < -0.4 is 11.1 Å². The average molecular weight is 313 g/mol. The Hall–Kier alpha value is -1.14. The summed E-state index contributed by atoms with van der Waals surface area (Å²) in [5.41, 5.74) is 5.70. The van der Waals surface area contributed by atoms with Crippen molar-refractivity contribution in [2.75, 3.05) is 11.1 Å². The molecular formula is C11H13BrN4S. The van der Waals surface area contributed by atoms with Gasteiger partial charge in [0.15, 0.2) is 0 Å². The van der Waals surface area contributed by atoms with Crippen LogP contribution in [-0.2, 0) is 6.42 Å². The molecule has 2 heterocycles. The Bertz CT molecular complexity index is 486. The van der Waals surface area contributed by atoms with Gasteiger partial charge in [0, 0.05) is 17.3 Å². The van der Waals surface area contributed by atoms with Crippen LogP contribution in [0.5, 0.6) is 0 Å². The van der Waals surface area contributed by atoms with Crippen molar-refractivity contribution in [3.8, 4) is 0 Å². The maximum atomic E-state index is 5.70. The van der Waals surface area contributed by atoms with E-state index < -0.39 is 0 Å². The van der Waals surface area contributed by atoms with E-state index in [-0.39, 0.29) is 0 Å². The summed E-state index contributed by atoms with van der Waals surface area (Å²) in [6.07, 6.45) is 2.42. The fraction of sp³-hybridized carbons (Fsp3) is 0.273. The number of halogens is 1. The molecule has 0 amide bonds. The van der Waals surface area contributed by atoms with Gasteiger partial charge in [-0.3, -0.25) is 0 Å². The second kappa shape index (κ2) is 5.46. The summed E-state index contributed by atoms with van der Waals surface area (Å²) in [7, 11) is 0. The van der Waals surface area contributed by atoms with Gasteiger partial charge in [-0.05, 0) is 34.3 Å². The highest BCUT2D eigenvalue weighted by molar-refractivity contribution is 9.10. The van der Waals surface area contributed by atoms with Crippen LogP contribution in [0.25, 0.3) is 0 Å². The molecule has 90 valence electrons. The number of nitrogens with one attached hydrogen (secondary N) is 1. The van der Waals surface area contributed by atoms with E-state index in [1.807, 2.05) is 0 Å². The van der Waals surface area contributed by atoms with Crippen molar-refractivity contribution in [3.63, 3.8) is 0 Å². The number of hydrogen-bond donors (Lipinski definition) is 2. The topological polar surface area (TPSA) is 63.8 Å². The summed E-state index contributed by atoms with van der Waals surface area (Å²) in [4.78, 5) is 9.42. The lowest BCUT2D eigenvalue weighted by molar-refractivity contribution is 0.792. The Kier molecular flexibility index (Phi) is 3.96.